The zero-order valence-electron chi connectivity index (χ0n) is 10.6. The molecule has 0 fully saturated rings. The Balaban J connectivity index is 1.87. The van der Waals surface area contributed by atoms with E-state index in [1.165, 1.54) is 15.1 Å². The molecule has 2 nitrogen and oxygen atoms in total. The van der Waals surface area contributed by atoms with E-state index in [4.69, 9.17) is 11.6 Å². The highest BCUT2D eigenvalue weighted by molar-refractivity contribution is 7.22. The largest absolute Gasteiger partial charge is 0.354 e. The summed E-state index contributed by atoms with van der Waals surface area (Å²) >= 11 is 9.27. The van der Waals surface area contributed by atoms with E-state index in [0.29, 0.717) is 0 Å². The second kappa shape index (κ2) is 5.12. The number of aromatic nitrogens is 1. The molecule has 19 heavy (non-hydrogen) atoms. The fraction of sp³-hybridized carbons (Fsp3) is 0.214. The summed E-state index contributed by atoms with van der Waals surface area (Å²) < 4.78 is 2.04. The predicted octanol–water partition coefficient (Wildman–Crippen LogP) is 5.49. The number of thiophene rings is 1. The van der Waals surface area contributed by atoms with Crippen LogP contribution in [-0.2, 0) is 0 Å². The molecule has 0 bridgehead atoms. The number of anilines is 1. The second-order valence-electron chi connectivity index (χ2n) is 4.45. The number of nitrogens with zero attached hydrogens (tertiary/aromatic N) is 1. The van der Waals surface area contributed by atoms with Crippen molar-refractivity contribution in [2.45, 2.75) is 19.9 Å². The lowest BCUT2D eigenvalue weighted by molar-refractivity contribution is 0.905. The molecule has 98 valence electrons. The maximum Gasteiger partial charge on any atom is 0.184 e. The molecular weight excluding hydrogens is 296 g/mol. The van der Waals surface area contributed by atoms with Crippen LogP contribution in [-0.4, -0.2) is 4.98 Å². The SMILES string of the molecule is Cc1cccc2sc(NC(C)c3ccc(Cl)s3)nc12. The van der Waals surface area contributed by atoms with E-state index < -0.39 is 0 Å². The first-order valence-corrected chi connectivity index (χ1v) is 8.02. The second-order valence-corrected chi connectivity index (χ2v) is 7.23. The van der Waals surface area contributed by atoms with Gasteiger partial charge in [-0.25, -0.2) is 4.98 Å². The van der Waals surface area contributed by atoms with Crippen LogP contribution < -0.4 is 5.32 Å². The molecule has 0 aliphatic heterocycles. The topological polar surface area (TPSA) is 24.9 Å². The summed E-state index contributed by atoms with van der Waals surface area (Å²) in [4.78, 5) is 5.89. The number of para-hydroxylation sites is 1. The highest BCUT2D eigenvalue weighted by Gasteiger charge is 2.11. The third-order valence-electron chi connectivity index (χ3n) is 2.98. The van der Waals surface area contributed by atoms with Gasteiger partial charge >= 0.3 is 0 Å². The molecule has 0 aliphatic rings. The predicted molar refractivity (Wildman–Crippen MR) is 85.7 cm³/mol. The van der Waals surface area contributed by atoms with E-state index in [-0.39, 0.29) is 6.04 Å². The minimum atomic E-state index is 0.221. The molecule has 1 unspecified atom stereocenters. The van der Waals surface area contributed by atoms with Crippen LogP contribution in [0.4, 0.5) is 5.13 Å². The van der Waals surface area contributed by atoms with Gasteiger partial charge in [-0.05, 0) is 37.6 Å². The van der Waals surface area contributed by atoms with Crippen LogP contribution in [0.25, 0.3) is 10.2 Å². The van der Waals surface area contributed by atoms with Crippen LogP contribution in [0.1, 0.15) is 23.4 Å². The molecule has 5 heteroatoms. The van der Waals surface area contributed by atoms with Crippen molar-refractivity contribution in [3.63, 3.8) is 0 Å². The Morgan fingerprint density at radius 2 is 2.05 bits per heavy atom. The number of hydrogen-bond donors (Lipinski definition) is 1. The van der Waals surface area contributed by atoms with Crippen LogP contribution in [0.2, 0.25) is 4.34 Å². The summed E-state index contributed by atoms with van der Waals surface area (Å²) in [6.07, 6.45) is 0. The summed E-state index contributed by atoms with van der Waals surface area (Å²) in [6, 6.07) is 10.5. The Bertz CT molecular complexity index is 717. The molecule has 0 amide bonds. The molecule has 1 aromatic carbocycles. The smallest absolute Gasteiger partial charge is 0.184 e. The standard InChI is InChI=1S/C14H13ClN2S2/c1-8-4-3-5-11-13(8)17-14(19-11)16-9(2)10-6-7-12(15)18-10/h3-7,9H,1-2H3,(H,16,17). The lowest BCUT2D eigenvalue weighted by atomic mass is 10.2. The molecule has 1 N–H and O–H groups in total. The van der Waals surface area contributed by atoms with Crippen LogP contribution in [0.3, 0.4) is 0 Å². The van der Waals surface area contributed by atoms with Gasteiger partial charge < -0.3 is 5.32 Å². The fourth-order valence-corrected chi connectivity index (χ4v) is 4.06. The van der Waals surface area contributed by atoms with Gasteiger partial charge in [0.2, 0.25) is 0 Å². The van der Waals surface area contributed by atoms with Crippen LogP contribution in [0.15, 0.2) is 30.3 Å². The molecule has 3 aromatic rings. The number of hydrogen-bond acceptors (Lipinski definition) is 4. The van der Waals surface area contributed by atoms with Crippen molar-refractivity contribution in [1.82, 2.24) is 4.98 Å². The molecule has 0 spiro atoms. The van der Waals surface area contributed by atoms with Gasteiger partial charge in [-0.1, -0.05) is 35.1 Å². The Labute approximate surface area is 125 Å². The Morgan fingerprint density at radius 3 is 2.74 bits per heavy atom. The van der Waals surface area contributed by atoms with Crippen LogP contribution >= 0.6 is 34.3 Å². The van der Waals surface area contributed by atoms with Crippen molar-refractivity contribution < 1.29 is 0 Å². The summed E-state index contributed by atoms with van der Waals surface area (Å²) in [5, 5.41) is 4.41. The highest BCUT2D eigenvalue weighted by Crippen LogP contribution is 2.32. The molecular formula is C14H13ClN2S2. The molecule has 1 atom stereocenters. The van der Waals surface area contributed by atoms with Crippen molar-refractivity contribution in [3.05, 3.63) is 45.1 Å². The van der Waals surface area contributed by atoms with Crippen LogP contribution in [0, 0.1) is 6.92 Å². The minimum absolute atomic E-state index is 0.221. The third kappa shape index (κ3) is 2.61. The Hall–Kier alpha value is -1.10. The maximum atomic E-state index is 5.97. The third-order valence-corrected chi connectivity index (χ3v) is 5.35. The van der Waals surface area contributed by atoms with E-state index >= 15 is 0 Å². The number of thiazole rings is 1. The average molecular weight is 309 g/mol. The Kier molecular flexibility index (Phi) is 3.48. The van der Waals surface area contributed by atoms with Gasteiger partial charge in [-0.3, -0.25) is 0 Å². The lowest BCUT2D eigenvalue weighted by Gasteiger charge is -2.09. The van der Waals surface area contributed by atoms with Crippen molar-refractivity contribution in [2.24, 2.45) is 0 Å². The van der Waals surface area contributed by atoms with E-state index in [1.54, 1.807) is 22.7 Å². The van der Waals surface area contributed by atoms with Crippen molar-refractivity contribution in [1.29, 1.82) is 0 Å². The fourth-order valence-electron chi connectivity index (χ4n) is 1.97. The summed E-state index contributed by atoms with van der Waals surface area (Å²) in [5.74, 6) is 0. The summed E-state index contributed by atoms with van der Waals surface area (Å²) in [6.45, 7) is 4.22. The summed E-state index contributed by atoms with van der Waals surface area (Å²) in [5.41, 5.74) is 2.31. The van der Waals surface area contributed by atoms with Gasteiger partial charge in [-0.2, -0.15) is 0 Å². The monoisotopic (exact) mass is 308 g/mol. The zero-order chi connectivity index (χ0) is 13.4. The molecule has 0 aliphatic carbocycles. The van der Waals surface area contributed by atoms with E-state index in [0.717, 1.165) is 15.0 Å². The van der Waals surface area contributed by atoms with Crippen LogP contribution in [0.5, 0.6) is 0 Å². The normalized spacial score (nSPS) is 12.8. The van der Waals surface area contributed by atoms with E-state index in [1.807, 2.05) is 6.07 Å². The number of nitrogens with one attached hydrogen (secondary N) is 1. The molecule has 2 aromatic heterocycles. The highest BCUT2D eigenvalue weighted by atomic mass is 35.5. The maximum absolute atomic E-state index is 5.97. The molecule has 0 saturated heterocycles. The van der Waals surface area contributed by atoms with Gasteiger partial charge in [0.05, 0.1) is 20.6 Å². The number of rotatable bonds is 3. The zero-order valence-corrected chi connectivity index (χ0v) is 13.0. The Morgan fingerprint density at radius 1 is 1.21 bits per heavy atom. The van der Waals surface area contributed by atoms with Crippen molar-refractivity contribution in [2.75, 3.05) is 5.32 Å². The number of benzene rings is 1. The van der Waals surface area contributed by atoms with Gasteiger partial charge in [0, 0.05) is 4.88 Å². The first-order valence-electron chi connectivity index (χ1n) is 6.01. The van der Waals surface area contributed by atoms with Gasteiger partial charge in [0.25, 0.3) is 0 Å². The number of aryl methyl sites for hydroxylation is 1. The average Bonchev–Trinajstić information content (AvgIpc) is 2.96. The van der Waals surface area contributed by atoms with E-state index in [9.17, 15) is 0 Å². The van der Waals surface area contributed by atoms with E-state index in [2.05, 4.69) is 48.4 Å². The van der Waals surface area contributed by atoms with Crippen molar-refractivity contribution in [3.8, 4) is 0 Å². The number of halogens is 1. The lowest BCUT2D eigenvalue weighted by Crippen LogP contribution is -2.04. The van der Waals surface area contributed by atoms with Gasteiger partial charge in [-0.15, -0.1) is 11.3 Å². The van der Waals surface area contributed by atoms with Crippen molar-refractivity contribution >= 4 is 49.6 Å². The summed E-state index contributed by atoms with van der Waals surface area (Å²) in [7, 11) is 0. The molecule has 2 heterocycles. The minimum Gasteiger partial charge on any atom is -0.354 e. The first-order chi connectivity index (χ1) is 9.13. The van der Waals surface area contributed by atoms with Gasteiger partial charge in [0.1, 0.15) is 0 Å². The quantitative estimate of drug-likeness (QED) is 0.691. The molecule has 0 saturated carbocycles. The van der Waals surface area contributed by atoms with Gasteiger partial charge in [0.15, 0.2) is 5.13 Å². The number of fused-ring (bicyclic) bond motifs is 1. The molecule has 0 radical (unpaired) electrons. The first kappa shape index (κ1) is 12.9. The molecule has 3 rings (SSSR count).